The van der Waals surface area contributed by atoms with E-state index in [0.29, 0.717) is 55.0 Å². The van der Waals surface area contributed by atoms with E-state index in [1.54, 1.807) is 29.7 Å². The Morgan fingerprint density at radius 3 is 2.40 bits per heavy atom. The highest BCUT2D eigenvalue weighted by atomic mass is 35.5. The zero-order chi connectivity index (χ0) is 29.8. The Morgan fingerprint density at radius 1 is 1.02 bits per heavy atom. The zero-order valence-electron chi connectivity index (χ0n) is 23.5. The molecule has 0 aliphatic carbocycles. The standard InChI is InChI=1S/C32H29ClN2O6S/c1-5-40-22-14-12-21(13-15-22)28-26(31(37)41-6-2)27(20-10-8-7-9-11-20)34-32-35(28)30(36)25(42-32)18-19-16-23(33)29(39-4)24(17-19)38-3/h7-18,28H,5-6H2,1-4H3/b25-18-/t28-/m0/s1. The smallest absolute Gasteiger partial charge is 0.338 e. The van der Waals surface area contributed by atoms with Gasteiger partial charge in [-0.3, -0.25) is 9.36 Å². The highest BCUT2D eigenvalue weighted by molar-refractivity contribution is 7.07. The number of esters is 1. The minimum Gasteiger partial charge on any atom is -0.494 e. The summed E-state index contributed by atoms with van der Waals surface area (Å²) in [6.07, 6.45) is 1.73. The molecule has 10 heteroatoms. The number of aromatic nitrogens is 1. The van der Waals surface area contributed by atoms with Gasteiger partial charge in [0.25, 0.3) is 5.56 Å². The molecule has 0 N–H and O–H groups in total. The predicted octanol–water partition coefficient (Wildman–Crippen LogP) is 5.00. The fourth-order valence-electron chi connectivity index (χ4n) is 4.84. The molecule has 0 bridgehead atoms. The van der Waals surface area contributed by atoms with Gasteiger partial charge < -0.3 is 18.9 Å². The number of rotatable bonds is 9. The second kappa shape index (κ2) is 12.7. The highest BCUT2D eigenvalue weighted by Crippen LogP contribution is 2.37. The quantitative estimate of drug-likeness (QED) is 0.250. The summed E-state index contributed by atoms with van der Waals surface area (Å²) in [6.45, 7) is 4.34. The van der Waals surface area contributed by atoms with E-state index in [2.05, 4.69) is 0 Å². The van der Waals surface area contributed by atoms with E-state index in [4.69, 9.17) is 35.5 Å². The van der Waals surface area contributed by atoms with E-state index >= 15 is 0 Å². The molecule has 42 heavy (non-hydrogen) atoms. The number of carbonyl (C=O) groups is 1. The molecular formula is C32H29ClN2O6S. The van der Waals surface area contributed by atoms with Crippen molar-refractivity contribution in [1.82, 2.24) is 4.57 Å². The molecule has 5 rings (SSSR count). The van der Waals surface area contributed by atoms with Crippen molar-refractivity contribution in [3.63, 3.8) is 0 Å². The molecule has 0 spiro atoms. The monoisotopic (exact) mass is 604 g/mol. The number of fused-ring (bicyclic) bond motifs is 1. The van der Waals surface area contributed by atoms with E-state index < -0.39 is 12.0 Å². The first-order chi connectivity index (χ1) is 20.4. The molecular weight excluding hydrogens is 576 g/mol. The normalized spacial score (nSPS) is 14.7. The molecule has 3 aromatic carbocycles. The van der Waals surface area contributed by atoms with Crippen LogP contribution in [0, 0.1) is 0 Å². The number of thiazole rings is 1. The van der Waals surface area contributed by atoms with Gasteiger partial charge in [-0.2, -0.15) is 0 Å². The summed E-state index contributed by atoms with van der Waals surface area (Å²) in [5.74, 6) is 0.982. The first-order valence-corrected chi connectivity index (χ1v) is 14.5. The number of methoxy groups -OCH3 is 2. The van der Waals surface area contributed by atoms with Crippen molar-refractivity contribution in [2.45, 2.75) is 19.9 Å². The van der Waals surface area contributed by atoms with Crippen LogP contribution in [0.4, 0.5) is 0 Å². The summed E-state index contributed by atoms with van der Waals surface area (Å²) in [7, 11) is 3.03. The molecule has 1 atom stereocenters. The highest BCUT2D eigenvalue weighted by Gasteiger charge is 2.35. The van der Waals surface area contributed by atoms with Crippen LogP contribution in [-0.4, -0.2) is 38.0 Å². The van der Waals surface area contributed by atoms with Crippen molar-refractivity contribution in [3.05, 3.63) is 114 Å². The van der Waals surface area contributed by atoms with Crippen LogP contribution in [0.1, 0.15) is 36.6 Å². The van der Waals surface area contributed by atoms with Crippen LogP contribution in [0.5, 0.6) is 17.2 Å². The largest absolute Gasteiger partial charge is 0.494 e. The average molecular weight is 605 g/mol. The first kappa shape index (κ1) is 29.2. The molecule has 0 saturated carbocycles. The average Bonchev–Trinajstić information content (AvgIpc) is 3.31. The molecule has 1 aromatic heterocycles. The second-order valence-corrected chi connectivity index (χ2v) is 10.6. The SMILES string of the molecule is CCOC(=O)C1=C(c2ccccc2)N=c2s/c(=C\c3cc(Cl)c(OC)c(OC)c3)c(=O)n2[C@H]1c1ccc(OCC)cc1. The predicted molar refractivity (Wildman–Crippen MR) is 163 cm³/mol. The maximum absolute atomic E-state index is 14.1. The van der Waals surface area contributed by atoms with Crippen LogP contribution in [0.2, 0.25) is 5.02 Å². The van der Waals surface area contributed by atoms with Gasteiger partial charge in [0.2, 0.25) is 0 Å². The minimum atomic E-state index is -0.790. The number of carbonyl (C=O) groups excluding carboxylic acids is 1. The molecule has 1 aliphatic rings. The Kier molecular flexibility index (Phi) is 8.80. The topological polar surface area (TPSA) is 88.4 Å². The first-order valence-electron chi connectivity index (χ1n) is 13.3. The van der Waals surface area contributed by atoms with Crippen LogP contribution in [-0.2, 0) is 9.53 Å². The number of ether oxygens (including phenoxy) is 4. The summed E-state index contributed by atoms with van der Waals surface area (Å²) >= 11 is 7.66. The summed E-state index contributed by atoms with van der Waals surface area (Å²) in [5, 5.41) is 0.346. The third kappa shape index (κ3) is 5.57. The van der Waals surface area contributed by atoms with Crippen molar-refractivity contribution < 1.29 is 23.7 Å². The maximum Gasteiger partial charge on any atom is 0.338 e. The Labute approximate surface area is 251 Å². The molecule has 8 nitrogen and oxygen atoms in total. The Morgan fingerprint density at radius 2 is 1.76 bits per heavy atom. The fraction of sp³-hybridized carbons (Fsp3) is 0.219. The molecule has 2 heterocycles. The number of benzene rings is 3. The lowest BCUT2D eigenvalue weighted by atomic mass is 9.93. The third-order valence-electron chi connectivity index (χ3n) is 6.63. The van der Waals surface area contributed by atoms with E-state index in [-0.39, 0.29) is 17.7 Å². The fourth-order valence-corrected chi connectivity index (χ4v) is 6.14. The van der Waals surface area contributed by atoms with E-state index in [1.165, 1.54) is 25.6 Å². The zero-order valence-corrected chi connectivity index (χ0v) is 25.1. The van der Waals surface area contributed by atoms with Crippen LogP contribution < -0.4 is 29.1 Å². The summed E-state index contributed by atoms with van der Waals surface area (Å²) in [5.41, 5.74) is 2.52. The number of hydrogen-bond acceptors (Lipinski definition) is 8. The van der Waals surface area contributed by atoms with Crippen LogP contribution in [0.25, 0.3) is 11.8 Å². The summed E-state index contributed by atoms with van der Waals surface area (Å²) in [4.78, 5) is 33.0. The lowest BCUT2D eigenvalue weighted by Crippen LogP contribution is -2.40. The number of hydrogen-bond donors (Lipinski definition) is 0. The second-order valence-electron chi connectivity index (χ2n) is 9.17. The van der Waals surface area contributed by atoms with Crippen LogP contribution in [0.3, 0.4) is 0 Å². The van der Waals surface area contributed by atoms with Crippen molar-refractivity contribution in [2.24, 2.45) is 4.99 Å². The molecule has 216 valence electrons. The van der Waals surface area contributed by atoms with E-state index in [9.17, 15) is 9.59 Å². The van der Waals surface area contributed by atoms with Gasteiger partial charge in [0.05, 0.1) is 54.3 Å². The van der Waals surface area contributed by atoms with E-state index in [1.807, 2.05) is 61.5 Å². The van der Waals surface area contributed by atoms with Gasteiger partial charge in [0.1, 0.15) is 5.75 Å². The van der Waals surface area contributed by atoms with Gasteiger partial charge in [0.15, 0.2) is 16.3 Å². The molecule has 0 unspecified atom stereocenters. The maximum atomic E-state index is 14.1. The molecule has 0 radical (unpaired) electrons. The van der Waals surface area contributed by atoms with Crippen molar-refractivity contribution in [3.8, 4) is 17.2 Å². The lowest BCUT2D eigenvalue weighted by molar-refractivity contribution is -0.138. The third-order valence-corrected chi connectivity index (χ3v) is 7.90. The molecule has 1 aliphatic heterocycles. The molecule has 0 saturated heterocycles. The van der Waals surface area contributed by atoms with Gasteiger partial charge in [-0.1, -0.05) is 65.4 Å². The summed E-state index contributed by atoms with van der Waals surface area (Å²) in [6, 6.07) is 19.4. The molecule has 0 fully saturated rings. The lowest BCUT2D eigenvalue weighted by Gasteiger charge is -2.26. The van der Waals surface area contributed by atoms with Crippen LogP contribution >= 0.6 is 22.9 Å². The Hall–Kier alpha value is -4.34. The van der Waals surface area contributed by atoms with E-state index in [0.717, 1.165) is 5.56 Å². The van der Waals surface area contributed by atoms with Gasteiger partial charge in [-0.25, -0.2) is 9.79 Å². The van der Waals surface area contributed by atoms with Gasteiger partial charge in [0, 0.05) is 5.56 Å². The molecule has 0 amide bonds. The van der Waals surface area contributed by atoms with Gasteiger partial charge >= 0.3 is 5.97 Å². The van der Waals surface area contributed by atoms with Crippen LogP contribution in [0.15, 0.2) is 82.1 Å². The van der Waals surface area contributed by atoms with Gasteiger partial charge in [-0.15, -0.1) is 0 Å². The number of nitrogens with zero attached hydrogens (tertiary/aromatic N) is 2. The summed E-state index contributed by atoms with van der Waals surface area (Å²) < 4.78 is 23.9. The molecule has 4 aromatic rings. The van der Waals surface area contributed by atoms with Crippen molar-refractivity contribution in [1.29, 1.82) is 0 Å². The Balaban J connectivity index is 1.79. The number of halogens is 1. The Bertz CT molecular complexity index is 1830. The minimum absolute atomic E-state index is 0.172. The van der Waals surface area contributed by atoms with Crippen molar-refractivity contribution in [2.75, 3.05) is 27.4 Å². The van der Waals surface area contributed by atoms with Crippen molar-refractivity contribution >= 4 is 40.7 Å². The van der Waals surface area contributed by atoms with Gasteiger partial charge in [-0.05, 0) is 55.3 Å².